The van der Waals surface area contributed by atoms with Gasteiger partial charge in [-0.1, -0.05) is 42.8 Å². The molecular weight excluding hydrogens is 340 g/mol. The number of nitrogens with one attached hydrogen (secondary N) is 2. The molecule has 1 aliphatic carbocycles. The van der Waals surface area contributed by atoms with Gasteiger partial charge in [0.25, 0.3) is 5.91 Å². The standard InChI is InChI=1S/C21H24N4O2/c22-20(26)17-10-5-11-18-19(17)24-21(23-18)15-8-4-9-16(12-15)25-27-13-14-6-2-1-3-7-14/h1-3,5-7,10-11,15-16,25H,4,8-9,12-13H2,(H2,22,26)(H,23,24). The summed E-state index contributed by atoms with van der Waals surface area (Å²) in [6.07, 6.45) is 4.21. The Kier molecular flexibility index (Phi) is 5.18. The van der Waals surface area contributed by atoms with E-state index in [2.05, 4.69) is 22.6 Å². The first kappa shape index (κ1) is 17.7. The van der Waals surface area contributed by atoms with Crippen LogP contribution in [0.25, 0.3) is 11.0 Å². The maximum absolute atomic E-state index is 11.6. The van der Waals surface area contributed by atoms with Gasteiger partial charge in [-0.25, -0.2) is 4.98 Å². The number of aromatic nitrogens is 2. The number of aromatic amines is 1. The van der Waals surface area contributed by atoms with Crippen molar-refractivity contribution >= 4 is 16.9 Å². The molecule has 0 aliphatic heterocycles. The number of primary amides is 1. The first-order valence-electron chi connectivity index (χ1n) is 9.40. The van der Waals surface area contributed by atoms with E-state index in [1.165, 1.54) is 0 Å². The first-order valence-corrected chi connectivity index (χ1v) is 9.40. The quantitative estimate of drug-likeness (QED) is 0.584. The van der Waals surface area contributed by atoms with Crippen LogP contribution < -0.4 is 11.2 Å². The van der Waals surface area contributed by atoms with Crippen LogP contribution in [0.15, 0.2) is 48.5 Å². The Morgan fingerprint density at radius 3 is 2.85 bits per heavy atom. The van der Waals surface area contributed by atoms with E-state index in [9.17, 15) is 4.79 Å². The normalized spacial score (nSPS) is 20.0. The predicted molar refractivity (Wildman–Crippen MR) is 104 cm³/mol. The molecule has 2 unspecified atom stereocenters. The van der Waals surface area contributed by atoms with Crippen LogP contribution in [0.1, 0.15) is 53.3 Å². The Balaban J connectivity index is 1.41. The Bertz CT molecular complexity index is 922. The molecule has 140 valence electrons. The van der Waals surface area contributed by atoms with Crippen LogP contribution in [0.3, 0.4) is 0 Å². The van der Waals surface area contributed by atoms with Crippen LogP contribution in [-0.4, -0.2) is 21.9 Å². The van der Waals surface area contributed by atoms with Crippen molar-refractivity contribution in [2.24, 2.45) is 5.73 Å². The molecular formula is C21H24N4O2. The van der Waals surface area contributed by atoms with Crippen LogP contribution in [0.2, 0.25) is 0 Å². The number of imidazole rings is 1. The average Bonchev–Trinajstić information content (AvgIpc) is 3.13. The number of carbonyl (C=O) groups is 1. The summed E-state index contributed by atoms with van der Waals surface area (Å²) in [7, 11) is 0. The van der Waals surface area contributed by atoms with Gasteiger partial charge in [0.15, 0.2) is 0 Å². The van der Waals surface area contributed by atoms with Crippen molar-refractivity contribution in [2.75, 3.05) is 0 Å². The molecule has 27 heavy (non-hydrogen) atoms. The SMILES string of the molecule is NC(=O)c1cccc2[nH]c(C3CCCC(NOCc4ccccc4)C3)nc12. The van der Waals surface area contributed by atoms with E-state index < -0.39 is 5.91 Å². The maximum atomic E-state index is 11.6. The lowest BCUT2D eigenvalue weighted by molar-refractivity contribution is -0.00676. The summed E-state index contributed by atoms with van der Waals surface area (Å²) in [5.41, 5.74) is 11.8. The zero-order valence-corrected chi connectivity index (χ0v) is 15.2. The minimum Gasteiger partial charge on any atom is -0.366 e. The second-order valence-electron chi connectivity index (χ2n) is 7.14. The smallest absolute Gasteiger partial charge is 0.250 e. The number of hydroxylamine groups is 1. The monoisotopic (exact) mass is 364 g/mol. The second-order valence-corrected chi connectivity index (χ2v) is 7.14. The van der Waals surface area contributed by atoms with Gasteiger partial charge in [0.05, 0.1) is 17.7 Å². The topological polar surface area (TPSA) is 93.0 Å². The average molecular weight is 364 g/mol. The zero-order chi connectivity index (χ0) is 18.6. The molecule has 1 heterocycles. The minimum absolute atomic E-state index is 0.288. The van der Waals surface area contributed by atoms with Crippen molar-refractivity contribution in [2.45, 2.75) is 44.2 Å². The van der Waals surface area contributed by atoms with Gasteiger partial charge in [-0.15, -0.1) is 0 Å². The third-order valence-corrected chi connectivity index (χ3v) is 5.19. The molecule has 0 saturated heterocycles. The van der Waals surface area contributed by atoms with Crippen molar-refractivity contribution in [3.05, 3.63) is 65.5 Å². The van der Waals surface area contributed by atoms with Crippen molar-refractivity contribution in [3.8, 4) is 0 Å². The van der Waals surface area contributed by atoms with E-state index in [1.807, 2.05) is 30.3 Å². The fourth-order valence-electron chi connectivity index (χ4n) is 3.81. The molecule has 4 N–H and O–H groups in total. The number of hydrogen-bond donors (Lipinski definition) is 3. The fraction of sp³-hybridized carbons (Fsp3) is 0.333. The number of H-pyrrole nitrogens is 1. The largest absolute Gasteiger partial charge is 0.366 e. The summed E-state index contributed by atoms with van der Waals surface area (Å²) in [5, 5.41) is 0. The highest BCUT2D eigenvalue weighted by molar-refractivity contribution is 6.04. The van der Waals surface area contributed by atoms with Gasteiger partial charge in [0, 0.05) is 12.0 Å². The Morgan fingerprint density at radius 1 is 1.19 bits per heavy atom. The Morgan fingerprint density at radius 2 is 2.04 bits per heavy atom. The minimum atomic E-state index is -0.448. The molecule has 6 nitrogen and oxygen atoms in total. The van der Waals surface area contributed by atoms with Gasteiger partial charge in [-0.2, -0.15) is 5.48 Å². The number of fused-ring (bicyclic) bond motifs is 1. The molecule has 1 saturated carbocycles. The third-order valence-electron chi connectivity index (χ3n) is 5.19. The maximum Gasteiger partial charge on any atom is 0.250 e. The highest BCUT2D eigenvalue weighted by Crippen LogP contribution is 2.33. The van der Waals surface area contributed by atoms with E-state index in [0.29, 0.717) is 23.6 Å². The van der Waals surface area contributed by atoms with Gasteiger partial charge in [-0.3, -0.25) is 9.63 Å². The number of carbonyl (C=O) groups excluding carboxylic acids is 1. The lowest BCUT2D eigenvalue weighted by Gasteiger charge is -2.28. The van der Waals surface area contributed by atoms with E-state index in [0.717, 1.165) is 42.6 Å². The number of amides is 1. The van der Waals surface area contributed by atoms with Crippen LogP contribution in [0.5, 0.6) is 0 Å². The van der Waals surface area contributed by atoms with E-state index in [4.69, 9.17) is 15.6 Å². The highest BCUT2D eigenvalue weighted by Gasteiger charge is 2.26. The fourth-order valence-corrected chi connectivity index (χ4v) is 3.81. The summed E-state index contributed by atoms with van der Waals surface area (Å²) in [6.45, 7) is 0.550. The van der Waals surface area contributed by atoms with Gasteiger partial charge >= 0.3 is 0 Å². The molecule has 3 aromatic rings. The molecule has 4 rings (SSSR count). The van der Waals surface area contributed by atoms with Crippen molar-refractivity contribution < 1.29 is 9.63 Å². The summed E-state index contributed by atoms with van der Waals surface area (Å²) in [4.78, 5) is 25.4. The number of para-hydroxylation sites is 1. The number of nitrogens with two attached hydrogens (primary N) is 1. The second kappa shape index (κ2) is 7.90. The summed E-state index contributed by atoms with van der Waals surface area (Å²) >= 11 is 0. The first-order chi connectivity index (χ1) is 13.2. The number of hydrogen-bond acceptors (Lipinski definition) is 4. The highest BCUT2D eigenvalue weighted by atomic mass is 16.6. The van der Waals surface area contributed by atoms with E-state index in [-0.39, 0.29) is 6.04 Å². The molecule has 2 atom stereocenters. The number of nitrogens with zero attached hydrogens (tertiary/aromatic N) is 1. The molecule has 0 bridgehead atoms. The molecule has 0 spiro atoms. The van der Waals surface area contributed by atoms with Crippen molar-refractivity contribution in [3.63, 3.8) is 0 Å². The van der Waals surface area contributed by atoms with Gasteiger partial charge in [-0.05, 0) is 37.0 Å². The third kappa shape index (κ3) is 4.02. The molecule has 1 fully saturated rings. The zero-order valence-electron chi connectivity index (χ0n) is 15.2. The van der Waals surface area contributed by atoms with Crippen LogP contribution in [0, 0.1) is 0 Å². The molecule has 1 aromatic heterocycles. The molecule has 1 amide bonds. The van der Waals surface area contributed by atoms with Gasteiger partial charge in [0.1, 0.15) is 11.3 Å². The van der Waals surface area contributed by atoms with Crippen LogP contribution >= 0.6 is 0 Å². The Labute approximate surface area is 158 Å². The molecule has 6 heteroatoms. The summed E-state index contributed by atoms with van der Waals surface area (Å²) in [5.74, 6) is 0.786. The number of rotatable bonds is 6. The van der Waals surface area contributed by atoms with Gasteiger partial charge < -0.3 is 10.7 Å². The van der Waals surface area contributed by atoms with Crippen molar-refractivity contribution in [1.82, 2.24) is 15.4 Å². The lowest BCUT2D eigenvalue weighted by Crippen LogP contribution is -2.33. The van der Waals surface area contributed by atoms with E-state index >= 15 is 0 Å². The lowest BCUT2D eigenvalue weighted by atomic mass is 9.85. The van der Waals surface area contributed by atoms with Crippen molar-refractivity contribution in [1.29, 1.82) is 0 Å². The molecule has 0 radical (unpaired) electrons. The van der Waals surface area contributed by atoms with Gasteiger partial charge in [0.2, 0.25) is 0 Å². The van der Waals surface area contributed by atoms with E-state index in [1.54, 1.807) is 6.07 Å². The predicted octanol–water partition coefficient (Wildman–Crippen LogP) is 3.41. The van der Waals surface area contributed by atoms with Crippen LogP contribution in [0.4, 0.5) is 0 Å². The van der Waals surface area contributed by atoms with Crippen LogP contribution in [-0.2, 0) is 11.4 Å². The number of benzene rings is 2. The summed E-state index contributed by atoms with van der Waals surface area (Å²) in [6, 6.07) is 15.9. The summed E-state index contributed by atoms with van der Waals surface area (Å²) < 4.78 is 0. The Hall–Kier alpha value is -2.70. The molecule has 1 aliphatic rings. The molecule has 2 aromatic carbocycles.